The van der Waals surface area contributed by atoms with E-state index in [1.807, 2.05) is 18.2 Å². The van der Waals surface area contributed by atoms with Crippen LogP contribution in [0.2, 0.25) is 0 Å². The molecule has 1 N–H and O–H groups in total. The number of aromatic amines is 1. The van der Waals surface area contributed by atoms with Crippen LogP contribution >= 0.6 is 15.9 Å². The van der Waals surface area contributed by atoms with E-state index in [2.05, 4.69) is 35.9 Å². The molecular formula is C18H10BrF3N4. The predicted molar refractivity (Wildman–Crippen MR) is 95.3 cm³/mol. The van der Waals surface area contributed by atoms with E-state index in [0.29, 0.717) is 11.4 Å². The number of halogens is 4. The number of hydrogen-bond donors (Lipinski definition) is 1. The number of alkyl halides is 3. The zero-order valence-corrected chi connectivity index (χ0v) is 14.6. The SMILES string of the molecule is FC(F)(F)c1ccnc(-c2ccc(-c3nc4ccc(Br)cc4[nH]3)cc2)n1. The lowest BCUT2D eigenvalue weighted by Crippen LogP contribution is -2.08. The van der Waals surface area contributed by atoms with Gasteiger partial charge in [-0.3, -0.25) is 0 Å². The van der Waals surface area contributed by atoms with Crippen molar-refractivity contribution >= 4 is 27.0 Å². The lowest BCUT2D eigenvalue weighted by molar-refractivity contribution is -0.141. The second-order valence-electron chi connectivity index (χ2n) is 5.59. The lowest BCUT2D eigenvalue weighted by atomic mass is 10.1. The van der Waals surface area contributed by atoms with Gasteiger partial charge in [0.2, 0.25) is 0 Å². The van der Waals surface area contributed by atoms with Gasteiger partial charge in [-0.05, 0) is 24.3 Å². The summed E-state index contributed by atoms with van der Waals surface area (Å²) in [4.78, 5) is 15.3. The molecule has 0 atom stereocenters. The highest BCUT2D eigenvalue weighted by molar-refractivity contribution is 9.10. The van der Waals surface area contributed by atoms with Gasteiger partial charge in [0.15, 0.2) is 5.82 Å². The van der Waals surface area contributed by atoms with Crippen molar-refractivity contribution in [3.05, 3.63) is 64.9 Å². The molecule has 0 saturated heterocycles. The maximum Gasteiger partial charge on any atom is 0.433 e. The van der Waals surface area contributed by atoms with E-state index in [-0.39, 0.29) is 5.82 Å². The topological polar surface area (TPSA) is 54.5 Å². The number of nitrogens with zero attached hydrogens (tertiary/aromatic N) is 3. The van der Waals surface area contributed by atoms with Crippen LogP contribution in [-0.2, 0) is 6.18 Å². The second-order valence-corrected chi connectivity index (χ2v) is 6.50. The second kappa shape index (κ2) is 6.21. The molecule has 4 nitrogen and oxygen atoms in total. The Hall–Kier alpha value is -2.74. The van der Waals surface area contributed by atoms with E-state index >= 15 is 0 Å². The van der Waals surface area contributed by atoms with E-state index in [0.717, 1.165) is 33.3 Å². The summed E-state index contributed by atoms with van der Waals surface area (Å²) in [5.74, 6) is 0.703. The minimum atomic E-state index is -4.50. The summed E-state index contributed by atoms with van der Waals surface area (Å²) in [6.07, 6.45) is -3.39. The largest absolute Gasteiger partial charge is 0.433 e. The molecule has 2 aromatic carbocycles. The highest BCUT2D eigenvalue weighted by atomic mass is 79.9. The number of aromatic nitrogens is 4. The van der Waals surface area contributed by atoms with Crippen LogP contribution in [0.15, 0.2) is 59.2 Å². The summed E-state index contributed by atoms with van der Waals surface area (Å²) in [5, 5.41) is 0. The summed E-state index contributed by atoms with van der Waals surface area (Å²) in [7, 11) is 0. The summed E-state index contributed by atoms with van der Waals surface area (Å²) >= 11 is 3.41. The smallest absolute Gasteiger partial charge is 0.338 e. The van der Waals surface area contributed by atoms with Gasteiger partial charge in [-0.25, -0.2) is 15.0 Å². The standard InChI is InChI=1S/C18H10BrF3N4/c19-12-5-6-13-14(9-12)25-17(24-13)11-3-1-10(2-4-11)16-23-8-7-15(26-16)18(20,21)22/h1-9H,(H,24,25). The van der Waals surface area contributed by atoms with Crippen LogP contribution in [0.5, 0.6) is 0 Å². The first kappa shape index (κ1) is 16.7. The van der Waals surface area contributed by atoms with Gasteiger partial charge in [0.1, 0.15) is 11.5 Å². The number of benzene rings is 2. The van der Waals surface area contributed by atoms with Crippen LogP contribution in [0.1, 0.15) is 5.69 Å². The Morgan fingerprint density at radius 1 is 0.885 bits per heavy atom. The van der Waals surface area contributed by atoms with Crippen molar-refractivity contribution in [3.63, 3.8) is 0 Å². The number of nitrogens with one attached hydrogen (secondary N) is 1. The lowest BCUT2D eigenvalue weighted by Gasteiger charge is -2.07. The molecule has 0 aliphatic rings. The van der Waals surface area contributed by atoms with Crippen molar-refractivity contribution < 1.29 is 13.2 Å². The van der Waals surface area contributed by atoms with Crippen molar-refractivity contribution in [2.75, 3.05) is 0 Å². The molecule has 8 heteroatoms. The average molecular weight is 419 g/mol. The minimum Gasteiger partial charge on any atom is -0.338 e. The van der Waals surface area contributed by atoms with Crippen LogP contribution in [0.25, 0.3) is 33.8 Å². The van der Waals surface area contributed by atoms with Gasteiger partial charge in [-0.2, -0.15) is 13.2 Å². The fourth-order valence-corrected chi connectivity index (χ4v) is 2.91. The molecule has 2 heterocycles. The molecule has 0 radical (unpaired) electrons. The van der Waals surface area contributed by atoms with E-state index in [9.17, 15) is 13.2 Å². The zero-order chi connectivity index (χ0) is 18.3. The normalized spacial score (nSPS) is 11.8. The summed E-state index contributed by atoms with van der Waals surface area (Å²) in [5.41, 5.74) is 2.06. The Labute approximate surface area is 154 Å². The third kappa shape index (κ3) is 3.20. The minimum absolute atomic E-state index is 0.0277. The molecule has 0 amide bonds. The zero-order valence-electron chi connectivity index (χ0n) is 13.0. The van der Waals surface area contributed by atoms with Gasteiger partial charge in [0.05, 0.1) is 11.0 Å². The molecule has 26 heavy (non-hydrogen) atoms. The molecule has 0 spiro atoms. The maximum atomic E-state index is 12.8. The van der Waals surface area contributed by atoms with E-state index in [4.69, 9.17) is 0 Å². The third-order valence-electron chi connectivity index (χ3n) is 3.81. The van der Waals surface area contributed by atoms with Crippen LogP contribution in [0.3, 0.4) is 0 Å². The Morgan fingerprint density at radius 2 is 1.62 bits per heavy atom. The van der Waals surface area contributed by atoms with E-state index < -0.39 is 11.9 Å². The monoisotopic (exact) mass is 418 g/mol. The van der Waals surface area contributed by atoms with Crippen molar-refractivity contribution in [1.29, 1.82) is 0 Å². The first-order chi connectivity index (χ1) is 12.4. The number of H-pyrrole nitrogens is 1. The highest BCUT2D eigenvalue weighted by Gasteiger charge is 2.32. The summed E-state index contributed by atoms with van der Waals surface area (Å²) < 4.78 is 39.3. The number of imidazole rings is 1. The third-order valence-corrected chi connectivity index (χ3v) is 4.30. The Kier molecular flexibility index (Phi) is 3.99. The van der Waals surface area contributed by atoms with Gasteiger partial charge in [0.25, 0.3) is 0 Å². The number of hydrogen-bond acceptors (Lipinski definition) is 3. The molecule has 4 rings (SSSR count). The first-order valence-electron chi connectivity index (χ1n) is 7.56. The molecule has 4 aromatic rings. The number of fused-ring (bicyclic) bond motifs is 1. The van der Waals surface area contributed by atoms with Gasteiger partial charge in [0, 0.05) is 21.8 Å². The van der Waals surface area contributed by atoms with Crippen LogP contribution < -0.4 is 0 Å². The van der Waals surface area contributed by atoms with Gasteiger partial charge in [-0.15, -0.1) is 0 Å². The first-order valence-corrected chi connectivity index (χ1v) is 8.36. The molecule has 0 saturated carbocycles. The predicted octanol–water partition coefficient (Wildman–Crippen LogP) is 5.47. The Bertz CT molecular complexity index is 1090. The quantitative estimate of drug-likeness (QED) is 0.469. The average Bonchev–Trinajstić information content (AvgIpc) is 3.04. The fourth-order valence-electron chi connectivity index (χ4n) is 2.55. The van der Waals surface area contributed by atoms with Crippen molar-refractivity contribution in [2.24, 2.45) is 0 Å². The van der Waals surface area contributed by atoms with Gasteiger partial charge < -0.3 is 4.98 Å². The molecular weight excluding hydrogens is 409 g/mol. The van der Waals surface area contributed by atoms with Gasteiger partial charge >= 0.3 is 6.18 Å². The van der Waals surface area contributed by atoms with Crippen molar-refractivity contribution in [1.82, 2.24) is 19.9 Å². The molecule has 0 unspecified atom stereocenters. The molecule has 0 aliphatic heterocycles. The van der Waals surface area contributed by atoms with Gasteiger partial charge in [-0.1, -0.05) is 40.2 Å². The maximum absolute atomic E-state index is 12.8. The molecule has 2 aromatic heterocycles. The summed E-state index contributed by atoms with van der Waals surface area (Å²) in [6, 6.07) is 13.5. The molecule has 0 aliphatic carbocycles. The summed E-state index contributed by atoms with van der Waals surface area (Å²) in [6.45, 7) is 0. The van der Waals surface area contributed by atoms with Crippen LogP contribution in [-0.4, -0.2) is 19.9 Å². The van der Waals surface area contributed by atoms with E-state index in [1.54, 1.807) is 24.3 Å². The van der Waals surface area contributed by atoms with Crippen LogP contribution in [0, 0.1) is 0 Å². The van der Waals surface area contributed by atoms with Crippen molar-refractivity contribution in [3.8, 4) is 22.8 Å². The van der Waals surface area contributed by atoms with Crippen molar-refractivity contribution in [2.45, 2.75) is 6.18 Å². The van der Waals surface area contributed by atoms with E-state index in [1.165, 1.54) is 0 Å². The van der Waals surface area contributed by atoms with Crippen LogP contribution in [0.4, 0.5) is 13.2 Å². The Balaban J connectivity index is 1.68. The molecule has 0 fully saturated rings. The number of rotatable bonds is 2. The molecule has 0 bridgehead atoms. The Morgan fingerprint density at radius 3 is 2.35 bits per heavy atom. The molecule has 130 valence electrons. The highest BCUT2D eigenvalue weighted by Crippen LogP contribution is 2.29. The fraction of sp³-hybridized carbons (Fsp3) is 0.0556.